The topological polar surface area (TPSA) is 210 Å². The first-order valence-corrected chi connectivity index (χ1v) is 12.9. The number of rotatable bonds is 8. The van der Waals surface area contributed by atoms with Crippen LogP contribution < -0.4 is 10.6 Å². The fraction of sp³-hybridized carbons (Fsp3) is 0.100. The van der Waals surface area contributed by atoms with E-state index in [0.29, 0.717) is 11.6 Å². The predicted molar refractivity (Wildman–Crippen MR) is 128 cm³/mol. The highest BCUT2D eigenvalue weighted by Crippen LogP contribution is 2.43. The molecular formula is C20H18N8O6S2. The van der Waals surface area contributed by atoms with Gasteiger partial charge in [0.15, 0.2) is 0 Å². The van der Waals surface area contributed by atoms with Gasteiger partial charge in [-0.25, -0.2) is 29.9 Å². The highest BCUT2D eigenvalue weighted by Gasteiger charge is 2.60. The zero-order chi connectivity index (χ0) is 25.8. The van der Waals surface area contributed by atoms with Crippen molar-refractivity contribution in [2.45, 2.75) is 4.08 Å². The molecule has 1 aliphatic rings. The summed E-state index contributed by atoms with van der Waals surface area (Å²) in [5.74, 6) is -1.80. The Morgan fingerprint density at radius 2 is 1.31 bits per heavy atom. The van der Waals surface area contributed by atoms with Crippen molar-refractivity contribution in [2.24, 2.45) is 5.92 Å². The monoisotopic (exact) mass is 530 g/mol. The Hall–Kier alpha value is -4.12. The van der Waals surface area contributed by atoms with E-state index in [0.717, 1.165) is 18.7 Å². The summed E-state index contributed by atoms with van der Waals surface area (Å²) in [7, 11) is -11.0. The summed E-state index contributed by atoms with van der Waals surface area (Å²) in [6.07, 6.45) is 9.04. The minimum absolute atomic E-state index is 0.0263. The number of hydrogen-bond donors (Lipinski definition) is 4. The molecule has 0 fully saturated rings. The van der Waals surface area contributed by atoms with Crippen LogP contribution in [0.25, 0.3) is 5.70 Å². The summed E-state index contributed by atoms with van der Waals surface area (Å²) < 4.78 is 67.6. The minimum Gasteiger partial charge on any atom is -0.325 e. The molecule has 2 heterocycles. The Kier molecular flexibility index (Phi) is 6.84. The highest BCUT2D eigenvalue weighted by atomic mass is 32.3. The maximum Gasteiger partial charge on any atom is 0.292 e. The van der Waals surface area contributed by atoms with Crippen molar-refractivity contribution in [3.63, 3.8) is 0 Å². The summed E-state index contributed by atoms with van der Waals surface area (Å²) >= 11 is 0. The fourth-order valence-corrected chi connectivity index (χ4v) is 6.16. The molecule has 36 heavy (non-hydrogen) atoms. The quantitative estimate of drug-likeness (QED) is 0.301. The van der Waals surface area contributed by atoms with E-state index in [-0.39, 0.29) is 23.3 Å². The molecule has 1 unspecified atom stereocenters. The second-order valence-electron chi connectivity index (χ2n) is 7.22. The first-order chi connectivity index (χ1) is 17.1. The molecule has 4 rings (SSSR count). The van der Waals surface area contributed by atoms with Crippen LogP contribution in [0.3, 0.4) is 0 Å². The molecular weight excluding hydrogens is 512 g/mol. The van der Waals surface area contributed by atoms with Crippen molar-refractivity contribution in [1.29, 1.82) is 0 Å². The van der Waals surface area contributed by atoms with Gasteiger partial charge in [0.25, 0.3) is 24.3 Å². The maximum absolute atomic E-state index is 12.6. The second-order valence-corrected chi connectivity index (χ2v) is 10.7. The van der Waals surface area contributed by atoms with Gasteiger partial charge in [-0.3, -0.25) is 9.11 Å². The van der Waals surface area contributed by atoms with Gasteiger partial charge in [-0.15, -0.1) is 0 Å². The molecule has 1 aromatic carbocycles. The Labute approximate surface area is 205 Å². The van der Waals surface area contributed by atoms with E-state index in [1.165, 1.54) is 24.8 Å². The van der Waals surface area contributed by atoms with Crippen LogP contribution >= 0.6 is 0 Å². The molecule has 0 radical (unpaired) electrons. The van der Waals surface area contributed by atoms with E-state index >= 15 is 0 Å². The van der Waals surface area contributed by atoms with Gasteiger partial charge in [-0.2, -0.15) is 16.8 Å². The third-order valence-electron chi connectivity index (χ3n) is 5.10. The molecule has 2 aromatic heterocycles. The van der Waals surface area contributed by atoms with Gasteiger partial charge in [0.2, 0.25) is 11.9 Å². The molecule has 0 spiro atoms. The SMILES string of the molecule is O=S(=O)(O)C1(S(=O)(=O)O)C=CC=CC1C(Nc1ncncn1)=C(Nc1ncncn1)c1ccccc1. The lowest BCUT2D eigenvalue weighted by Crippen LogP contribution is -2.52. The Morgan fingerprint density at radius 1 is 0.778 bits per heavy atom. The van der Waals surface area contributed by atoms with E-state index in [1.807, 2.05) is 0 Å². The van der Waals surface area contributed by atoms with Crippen molar-refractivity contribution in [3.8, 4) is 0 Å². The van der Waals surface area contributed by atoms with Crippen molar-refractivity contribution in [2.75, 3.05) is 10.6 Å². The molecule has 0 aliphatic heterocycles. The summed E-state index contributed by atoms with van der Waals surface area (Å²) in [5.41, 5.74) is 0.351. The van der Waals surface area contributed by atoms with Crippen LogP contribution in [-0.2, 0) is 20.2 Å². The first kappa shape index (κ1) is 25.0. The minimum atomic E-state index is -5.49. The van der Waals surface area contributed by atoms with E-state index < -0.39 is 30.2 Å². The summed E-state index contributed by atoms with van der Waals surface area (Å²) in [5, 5.41) is 5.74. The number of hydrogen-bond acceptors (Lipinski definition) is 12. The van der Waals surface area contributed by atoms with Gasteiger partial charge in [0, 0.05) is 0 Å². The van der Waals surface area contributed by atoms with Crippen molar-refractivity contribution < 1.29 is 25.9 Å². The molecule has 1 atom stereocenters. The molecule has 4 N–H and O–H groups in total. The number of allylic oxidation sites excluding steroid dienone is 3. The van der Waals surface area contributed by atoms with E-state index in [2.05, 4.69) is 40.5 Å². The Morgan fingerprint density at radius 3 is 1.83 bits per heavy atom. The molecule has 0 amide bonds. The molecule has 1 aliphatic carbocycles. The van der Waals surface area contributed by atoms with Crippen LogP contribution in [0.2, 0.25) is 0 Å². The maximum atomic E-state index is 12.6. The fourth-order valence-electron chi connectivity index (χ4n) is 3.56. The average Bonchev–Trinajstić information content (AvgIpc) is 2.86. The first-order valence-electron chi connectivity index (χ1n) is 10.0. The lowest BCUT2D eigenvalue weighted by molar-refractivity contribution is 0.421. The van der Waals surface area contributed by atoms with Gasteiger partial charge in [-0.1, -0.05) is 48.6 Å². The predicted octanol–water partition coefficient (Wildman–Crippen LogP) is 1.16. The van der Waals surface area contributed by atoms with E-state index in [1.54, 1.807) is 30.3 Å². The van der Waals surface area contributed by atoms with Gasteiger partial charge >= 0.3 is 0 Å². The van der Waals surface area contributed by atoms with Gasteiger partial charge < -0.3 is 10.6 Å². The van der Waals surface area contributed by atoms with E-state index in [4.69, 9.17) is 0 Å². The molecule has 186 valence electrons. The van der Waals surface area contributed by atoms with Crippen LogP contribution in [0.15, 0.2) is 85.6 Å². The lowest BCUT2D eigenvalue weighted by atomic mass is 9.92. The van der Waals surface area contributed by atoms with Gasteiger partial charge in [0.05, 0.1) is 17.3 Å². The van der Waals surface area contributed by atoms with Crippen molar-refractivity contribution >= 4 is 37.8 Å². The third kappa shape index (κ3) is 4.82. The summed E-state index contributed by atoms with van der Waals surface area (Å²) in [6, 6.07) is 8.38. The third-order valence-corrected chi connectivity index (χ3v) is 8.75. The van der Waals surface area contributed by atoms with Crippen molar-refractivity contribution in [1.82, 2.24) is 29.9 Å². The number of nitrogens with zero attached hydrogens (tertiary/aromatic N) is 6. The molecule has 3 aromatic rings. The smallest absolute Gasteiger partial charge is 0.292 e. The number of anilines is 2. The summed E-state index contributed by atoms with van der Waals surface area (Å²) in [4.78, 5) is 23.4. The average molecular weight is 531 g/mol. The lowest BCUT2D eigenvalue weighted by Gasteiger charge is -2.35. The number of nitrogens with one attached hydrogen (secondary N) is 2. The highest BCUT2D eigenvalue weighted by molar-refractivity contribution is 8.05. The van der Waals surface area contributed by atoms with Gasteiger partial charge in [-0.05, 0) is 11.6 Å². The van der Waals surface area contributed by atoms with Crippen LogP contribution in [-0.4, -0.2) is 59.9 Å². The normalized spacial score (nSPS) is 17.8. The van der Waals surface area contributed by atoms with Crippen LogP contribution in [0.4, 0.5) is 11.9 Å². The number of aromatic nitrogens is 6. The molecule has 0 saturated heterocycles. The molecule has 0 bridgehead atoms. The molecule has 16 heteroatoms. The standard InChI is InChI=1S/C20H18N8O6S2/c29-35(30,31)20(36(32,33)34)9-5-4-8-15(20)17(28-19-25-12-22-13-26-19)16(14-6-2-1-3-7-14)27-18-23-10-21-11-24-18/h1-13,15H,(H,29,30,31)(H,32,33,34)(H,21,23,24,27)(H,22,25,26,28). The Balaban J connectivity index is 2.07. The molecule has 0 saturated carbocycles. The van der Waals surface area contributed by atoms with Crippen LogP contribution in [0, 0.1) is 5.92 Å². The van der Waals surface area contributed by atoms with Crippen molar-refractivity contribution in [3.05, 3.63) is 91.2 Å². The summed E-state index contributed by atoms with van der Waals surface area (Å²) in [6.45, 7) is 0. The van der Waals surface area contributed by atoms with E-state index in [9.17, 15) is 25.9 Å². The number of benzene rings is 1. The van der Waals surface area contributed by atoms with Crippen LogP contribution in [0.1, 0.15) is 5.56 Å². The zero-order valence-corrected chi connectivity index (χ0v) is 19.7. The zero-order valence-electron chi connectivity index (χ0n) is 18.1. The largest absolute Gasteiger partial charge is 0.325 e. The molecule has 14 nitrogen and oxygen atoms in total. The second kappa shape index (κ2) is 9.86. The Bertz CT molecular complexity index is 1500. The van der Waals surface area contributed by atoms with Gasteiger partial charge in [0.1, 0.15) is 25.3 Å². The van der Waals surface area contributed by atoms with Crippen LogP contribution in [0.5, 0.6) is 0 Å².